The van der Waals surface area contributed by atoms with Gasteiger partial charge in [-0.15, -0.1) is 0 Å². The molecule has 13 heteroatoms. The second-order valence-electron chi connectivity index (χ2n) is 9.87. The molecule has 4 heterocycles. The van der Waals surface area contributed by atoms with E-state index in [1.54, 1.807) is 55.5 Å². The predicted octanol–water partition coefficient (Wildman–Crippen LogP) is 4.48. The van der Waals surface area contributed by atoms with Crippen LogP contribution in [0.4, 0.5) is 5.69 Å². The van der Waals surface area contributed by atoms with Crippen LogP contribution in [0.2, 0.25) is 0 Å². The number of ether oxygens (including phenoxy) is 4. The van der Waals surface area contributed by atoms with Crippen molar-refractivity contribution in [2.45, 2.75) is 32.7 Å². The standard InChI is InChI=1S/C31H27N3O9S/c1-4-6-21-27(30(36)40-5-2)28(17-7-11-24-25(13-17)42-16-41-24)33-29(35)26(44-31(33)32-21)15-19-9-12-23(43-19)20-10-8-18(39-3)14-22(20)34(37)38/h7-15,28H,4-6,16H2,1-3H3/b26-15-/t28-/m1/s1. The molecule has 0 unspecified atom stereocenters. The topological polar surface area (TPSA) is 145 Å². The van der Waals surface area contributed by atoms with E-state index in [2.05, 4.69) is 0 Å². The highest BCUT2D eigenvalue weighted by Gasteiger charge is 2.35. The maximum Gasteiger partial charge on any atom is 0.338 e. The zero-order chi connectivity index (χ0) is 31.0. The Morgan fingerprint density at radius 1 is 1.16 bits per heavy atom. The minimum atomic E-state index is -0.822. The van der Waals surface area contributed by atoms with E-state index >= 15 is 0 Å². The molecule has 0 saturated heterocycles. The van der Waals surface area contributed by atoms with Gasteiger partial charge in [-0.2, -0.15) is 0 Å². The highest BCUT2D eigenvalue weighted by Crippen LogP contribution is 2.39. The van der Waals surface area contributed by atoms with E-state index in [0.29, 0.717) is 55.6 Å². The normalized spacial score (nSPS) is 15.6. The summed E-state index contributed by atoms with van der Waals surface area (Å²) in [5.41, 5.74) is 1.18. The summed E-state index contributed by atoms with van der Waals surface area (Å²) in [7, 11) is 1.43. The summed E-state index contributed by atoms with van der Waals surface area (Å²) < 4.78 is 29.4. The van der Waals surface area contributed by atoms with Crippen molar-refractivity contribution in [1.29, 1.82) is 0 Å². The number of hydrogen-bond acceptors (Lipinski definition) is 11. The lowest BCUT2D eigenvalue weighted by molar-refractivity contribution is -0.384. The van der Waals surface area contributed by atoms with E-state index in [4.69, 9.17) is 28.4 Å². The number of methoxy groups -OCH3 is 1. The van der Waals surface area contributed by atoms with Crippen LogP contribution < -0.4 is 29.1 Å². The summed E-state index contributed by atoms with van der Waals surface area (Å²) in [6.07, 6.45) is 2.78. The van der Waals surface area contributed by atoms with Crippen LogP contribution in [0.15, 0.2) is 74.0 Å². The molecule has 0 bridgehead atoms. The average molecular weight is 618 g/mol. The molecule has 44 heavy (non-hydrogen) atoms. The number of thiazole rings is 1. The van der Waals surface area contributed by atoms with Gasteiger partial charge in [-0.3, -0.25) is 19.5 Å². The number of fused-ring (bicyclic) bond motifs is 2. The average Bonchev–Trinajstić information content (AvgIpc) is 3.75. The highest BCUT2D eigenvalue weighted by molar-refractivity contribution is 7.07. The van der Waals surface area contributed by atoms with Crippen molar-refractivity contribution >= 4 is 29.1 Å². The summed E-state index contributed by atoms with van der Waals surface area (Å²) in [4.78, 5) is 43.8. The summed E-state index contributed by atoms with van der Waals surface area (Å²) in [6.45, 7) is 3.94. The third-order valence-electron chi connectivity index (χ3n) is 7.17. The lowest BCUT2D eigenvalue weighted by Gasteiger charge is -2.25. The zero-order valence-corrected chi connectivity index (χ0v) is 24.8. The Morgan fingerprint density at radius 2 is 1.98 bits per heavy atom. The summed E-state index contributed by atoms with van der Waals surface area (Å²) in [6, 6.07) is 12.2. The molecule has 2 aromatic carbocycles. The highest BCUT2D eigenvalue weighted by atomic mass is 32.1. The molecule has 12 nitrogen and oxygen atoms in total. The number of nitrogens with zero attached hydrogens (tertiary/aromatic N) is 3. The molecule has 2 aromatic heterocycles. The van der Waals surface area contributed by atoms with Gasteiger partial charge in [0.25, 0.3) is 11.2 Å². The number of allylic oxidation sites excluding steroid dienone is 1. The molecular formula is C31H27N3O9S. The van der Waals surface area contributed by atoms with Gasteiger partial charge in [-0.1, -0.05) is 30.7 Å². The Hall–Kier alpha value is -5.17. The number of rotatable bonds is 9. The van der Waals surface area contributed by atoms with E-state index in [1.165, 1.54) is 17.7 Å². The van der Waals surface area contributed by atoms with Crippen LogP contribution in [-0.2, 0) is 9.53 Å². The second kappa shape index (κ2) is 11.8. The number of hydrogen-bond donors (Lipinski definition) is 0. The van der Waals surface area contributed by atoms with Gasteiger partial charge in [0.15, 0.2) is 16.3 Å². The molecule has 0 fully saturated rings. The fourth-order valence-electron chi connectivity index (χ4n) is 5.22. The van der Waals surface area contributed by atoms with Crippen LogP contribution in [0.25, 0.3) is 17.4 Å². The number of carbonyl (C=O) groups is 1. The first-order valence-corrected chi connectivity index (χ1v) is 14.7. The van der Waals surface area contributed by atoms with Gasteiger partial charge in [0.1, 0.15) is 17.3 Å². The number of nitro groups is 1. The first-order valence-electron chi connectivity index (χ1n) is 13.9. The van der Waals surface area contributed by atoms with Crippen molar-refractivity contribution in [2.75, 3.05) is 20.5 Å². The van der Waals surface area contributed by atoms with Crippen LogP contribution in [0.1, 0.15) is 44.1 Å². The third kappa shape index (κ3) is 5.15. The molecule has 0 spiro atoms. The zero-order valence-electron chi connectivity index (χ0n) is 24.0. The second-order valence-corrected chi connectivity index (χ2v) is 10.9. The lowest BCUT2D eigenvalue weighted by Crippen LogP contribution is -2.40. The monoisotopic (exact) mass is 617 g/mol. The maximum absolute atomic E-state index is 14.0. The van der Waals surface area contributed by atoms with Crippen molar-refractivity contribution in [3.05, 3.63) is 101 Å². The molecule has 0 aliphatic carbocycles. The largest absolute Gasteiger partial charge is 0.497 e. The number of benzene rings is 2. The summed E-state index contributed by atoms with van der Waals surface area (Å²) in [5.74, 6) is 1.45. The molecule has 226 valence electrons. The molecule has 4 aromatic rings. The first-order chi connectivity index (χ1) is 21.3. The first kappa shape index (κ1) is 28.9. The molecule has 0 amide bonds. The molecule has 2 aliphatic heterocycles. The van der Waals surface area contributed by atoms with Crippen LogP contribution in [0, 0.1) is 10.1 Å². The van der Waals surface area contributed by atoms with Gasteiger partial charge in [0.2, 0.25) is 6.79 Å². The van der Waals surface area contributed by atoms with Gasteiger partial charge >= 0.3 is 5.97 Å². The Balaban J connectivity index is 1.49. The third-order valence-corrected chi connectivity index (χ3v) is 8.15. The van der Waals surface area contributed by atoms with Gasteiger partial charge in [0, 0.05) is 6.08 Å². The lowest BCUT2D eigenvalue weighted by atomic mass is 9.94. The van der Waals surface area contributed by atoms with Gasteiger partial charge in [-0.25, -0.2) is 9.79 Å². The van der Waals surface area contributed by atoms with Crippen LogP contribution in [-0.4, -0.2) is 36.0 Å². The van der Waals surface area contributed by atoms with E-state index in [9.17, 15) is 19.7 Å². The Bertz CT molecular complexity index is 2000. The summed E-state index contributed by atoms with van der Waals surface area (Å²) >= 11 is 1.16. The Kier molecular flexibility index (Phi) is 7.78. The van der Waals surface area contributed by atoms with Crippen molar-refractivity contribution in [1.82, 2.24) is 4.57 Å². The number of carbonyl (C=O) groups excluding carboxylic acids is 1. The van der Waals surface area contributed by atoms with Crippen molar-refractivity contribution < 1.29 is 33.1 Å². The molecule has 0 N–H and O–H groups in total. The number of furan rings is 1. The van der Waals surface area contributed by atoms with Gasteiger partial charge in [-0.05, 0) is 55.3 Å². The minimum absolute atomic E-state index is 0.0774. The Labute approximate surface area is 254 Å². The molecule has 2 aliphatic rings. The minimum Gasteiger partial charge on any atom is -0.497 e. The number of nitro benzene ring substituents is 1. The van der Waals surface area contributed by atoms with Crippen LogP contribution >= 0.6 is 11.3 Å². The van der Waals surface area contributed by atoms with E-state index < -0.39 is 16.9 Å². The predicted molar refractivity (Wildman–Crippen MR) is 160 cm³/mol. The maximum atomic E-state index is 14.0. The smallest absolute Gasteiger partial charge is 0.338 e. The summed E-state index contributed by atoms with van der Waals surface area (Å²) in [5, 5.41) is 11.7. The fraction of sp³-hybridized carbons (Fsp3) is 0.258. The molecule has 1 atom stereocenters. The molecule has 6 rings (SSSR count). The van der Waals surface area contributed by atoms with Gasteiger partial charge in [0.05, 0.1) is 52.1 Å². The van der Waals surface area contributed by atoms with Crippen LogP contribution in [0.5, 0.6) is 17.2 Å². The van der Waals surface area contributed by atoms with Crippen molar-refractivity contribution in [3.8, 4) is 28.6 Å². The van der Waals surface area contributed by atoms with E-state index in [1.807, 2.05) is 6.92 Å². The van der Waals surface area contributed by atoms with Crippen molar-refractivity contribution in [3.63, 3.8) is 0 Å². The van der Waals surface area contributed by atoms with Crippen LogP contribution in [0.3, 0.4) is 0 Å². The van der Waals surface area contributed by atoms with E-state index in [0.717, 1.165) is 17.8 Å². The van der Waals surface area contributed by atoms with E-state index in [-0.39, 0.29) is 36.0 Å². The molecule has 0 radical (unpaired) electrons. The van der Waals surface area contributed by atoms with Gasteiger partial charge < -0.3 is 23.4 Å². The Morgan fingerprint density at radius 3 is 2.73 bits per heavy atom. The quantitative estimate of drug-likeness (QED) is 0.151. The number of esters is 1. The fourth-order valence-corrected chi connectivity index (χ4v) is 6.22. The molecular weight excluding hydrogens is 590 g/mol. The molecule has 0 saturated carbocycles. The SMILES string of the molecule is CCCC1=C(C(=O)OCC)[C@@H](c2ccc3c(c2)OCO3)n2c(s/c(=C\c3ccc(-c4ccc(OC)cc4[N+](=O)[O-])o3)c2=O)=N1. The number of aromatic nitrogens is 1. The van der Waals surface area contributed by atoms with Crippen molar-refractivity contribution in [2.24, 2.45) is 4.99 Å².